The number of aryl methyl sites for hydroxylation is 1. The molecule has 166 valence electrons. The van der Waals surface area contributed by atoms with Crippen LogP contribution < -0.4 is 9.62 Å². The third-order valence-electron chi connectivity index (χ3n) is 4.68. The van der Waals surface area contributed by atoms with Crippen molar-refractivity contribution < 1.29 is 18.3 Å². The molecular formula is C21H20N4O6S. The molecular weight excluding hydrogens is 436 g/mol. The lowest BCUT2D eigenvalue weighted by Gasteiger charge is -2.31. The zero-order valence-electron chi connectivity index (χ0n) is 17.2. The van der Waals surface area contributed by atoms with Gasteiger partial charge in [-0.2, -0.15) is 0 Å². The van der Waals surface area contributed by atoms with Crippen LogP contribution in [0, 0.1) is 27.2 Å². The minimum Gasteiger partial charge on any atom is -0.365 e. The lowest BCUT2D eigenvalue weighted by atomic mass is 10.2. The number of nitrogens with zero attached hydrogens (tertiary/aromatic N) is 3. The van der Waals surface area contributed by atoms with Crippen molar-refractivity contribution in [2.24, 2.45) is 0 Å². The van der Waals surface area contributed by atoms with Crippen LogP contribution in [0.15, 0.2) is 77.7 Å². The number of rotatable bonds is 8. The maximum Gasteiger partial charge on any atom is 0.270 e. The molecule has 0 saturated heterocycles. The van der Waals surface area contributed by atoms with Gasteiger partial charge in [0.2, 0.25) is 0 Å². The van der Waals surface area contributed by atoms with E-state index < -0.39 is 26.0 Å². The van der Waals surface area contributed by atoms with Crippen LogP contribution in [0.3, 0.4) is 0 Å². The van der Waals surface area contributed by atoms with Gasteiger partial charge in [0.1, 0.15) is 6.17 Å². The van der Waals surface area contributed by atoms with Gasteiger partial charge in [0.05, 0.1) is 20.4 Å². The summed E-state index contributed by atoms with van der Waals surface area (Å²) in [4.78, 5) is 20.6. The van der Waals surface area contributed by atoms with Crippen LogP contribution in [0.5, 0.6) is 0 Å². The van der Waals surface area contributed by atoms with E-state index in [1.54, 1.807) is 19.1 Å². The molecule has 32 heavy (non-hydrogen) atoms. The third-order valence-corrected chi connectivity index (χ3v) is 6.57. The van der Waals surface area contributed by atoms with E-state index in [1.807, 2.05) is 19.1 Å². The molecule has 3 aromatic rings. The molecule has 0 aliphatic rings. The summed E-state index contributed by atoms with van der Waals surface area (Å²) in [6.45, 7) is 3.53. The predicted octanol–water partition coefficient (Wildman–Crippen LogP) is 4.46. The lowest BCUT2D eigenvalue weighted by Crippen LogP contribution is -2.43. The smallest absolute Gasteiger partial charge is 0.270 e. The number of sulfonamides is 1. The van der Waals surface area contributed by atoms with Gasteiger partial charge >= 0.3 is 0 Å². The maximum absolute atomic E-state index is 13.5. The summed E-state index contributed by atoms with van der Waals surface area (Å²) in [6, 6.07) is 17.1. The second kappa shape index (κ2) is 9.02. The average Bonchev–Trinajstić information content (AvgIpc) is 2.75. The summed E-state index contributed by atoms with van der Waals surface area (Å²) in [5.74, 6) is 0. The number of nitro groups is 2. The molecule has 0 aromatic heterocycles. The first kappa shape index (κ1) is 22.7. The first-order chi connectivity index (χ1) is 15.1. The van der Waals surface area contributed by atoms with Gasteiger partial charge in [0.25, 0.3) is 21.4 Å². The van der Waals surface area contributed by atoms with Crippen LogP contribution in [0.25, 0.3) is 0 Å². The largest absolute Gasteiger partial charge is 0.365 e. The molecule has 0 aliphatic carbocycles. The average molecular weight is 456 g/mol. The predicted molar refractivity (Wildman–Crippen MR) is 120 cm³/mol. The second-order valence-electron chi connectivity index (χ2n) is 7.02. The standard InChI is InChI=1S/C21H20N4O6S/c1-15-6-8-17(9-7-15)22-16(2)23(18-10-12-19(13-11-18)24(26)27)32(30,31)21-5-3-4-20(14-21)25(28)29/h3-14,16,22H,1-2H3. The second-order valence-corrected chi connectivity index (χ2v) is 8.83. The van der Waals surface area contributed by atoms with E-state index in [1.165, 1.54) is 42.5 Å². The Labute approximate surface area is 184 Å². The van der Waals surface area contributed by atoms with Gasteiger partial charge in [-0.05, 0) is 44.2 Å². The van der Waals surface area contributed by atoms with E-state index >= 15 is 0 Å². The highest BCUT2D eigenvalue weighted by Crippen LogP contribution is 2.30. The van der Waals surface area contributed by atoms with Gasteiger partial charge in [0, 0.05) is 30.0 Å². The molecule has 0 amide bonds. The first-order valence-electron chi connectivity index (χ1n) is 9.46. The van der Waals surface area contributed by atoms with Gasteiger partial charge in [0.15, 0.2) is 0 Å². The quantitative estimate of drug-likeness (QED) is 0.300. The Morgan fingerprint density at radius 1 is 0.875 bits per heavy atom. The van der Waals surface area contributed by atoms with Crippen LogP contribution in [0.2, 0.25) is 0 Å². The molecule has 0 bridgehead atoms. The van der Waals surface area contributed by atoms with Gasteiger partial charge in [-0.25, -0.2) is 12.7 Å². The van der Waals surface area contributed by atoms with E-state index in [0.29, 0.717) is 5.69 Å². The highest BCUT2D eigenvalue weighted by atomic mass is 32.2. The molecule has 11 heteroatoms. The van der Waals surface area contributed by atoms with E-state index in [0.717, 1.165) is 15.9 Å². The van der Waals surface area contributed by atoms with Crippen LogP contribution >= 0.6 is 0 Å². The molecule has 0 spiro atoms. The fourth-order valence-corrected chi connectivity index (χ4v) is 4.73. The van der Waals surface area contributed by atoms with Crippen molar-refractivity contribution in [2.45, 2.75) is 24.9 Å². The molecule has 3 aromatic carbocycles. The van der Waals surface area contributed by atoms with E-state index in [4.69, 9.17) is 0 Å². The van der Waals surface area contributed by atoms with Crippen molar-refractivity contribution >= 4 is 32.8 Å². The Morgan fingerprint density at radius 3 is 2.03 bits per heavy atom. The summed E-state index contributed by atoms with van der Waals surface area (Å²) in [6.07, 6.45) is -0.830. The number of hydrogen-bond acceptors (Lipinski definition) is 7. The number of non-ortho nitro benzene ring substituents is 2. The summed E-state index contributed by atoms with van der Waals surface area (Å²) < 4.78 is 28.1. The Morgan fingerprint density at radius 2 is 1.47 bits per heavy atom. The number of nitro benzene ring substituents is 2. The molecule has 0 heterocycles. The van der Waals surface area contributed by atoms with Gasteiger partial charge in [-0.15, -0.1) is 0 Å². The van der Waals surface area contributed by atoms with Crippen LogP contribution in [0.4, 0.5) is 22.7 Å². The maximum atomic E-state index is 13.5. The molecule has 1 atom stereocenters. The zero-order valence-corrected chi connectivity index (χ0v) is 18.0. The third kappa shape index (κ3) is 4.83. The molecule has 1 N–H and O–H groups in total. The SMILES string of the molecule is Cc1ccc(NC(C)N(c2ccc([N+](=O)[O-])cc2)S(=O)(=O)c2cccc([N+](=O)[O-])c2)cc1. The molecule has 0 radical (unpaired) electrons. The first-order valence-corrected chi connectivity index (χ1v) is 10.9. The summed E-state index contributed by atoms with van der Waals surface area (Å²) in [5, 5.41) is 25.2. The highest BCUT2D eigenvalue weighted by molar-refractivity contribution is 7.92. The van der Waals surface area contributed by atoms with Crippen molar-refractivity contribution in [1.29, 1.82) is 0 Å². The molecule has 10 nitrogen and oxygen atoms in total. The molecule has 0 saturated carbocycles. The van der Waals surface area contributed by atoms with Crippen molar-refractivity contribution in [3.8, 4) is 0 Å². The minimum absolute atomic E-state index is 0.161. The van der Waals surface area contributed by atoms with Gasteiger partial charge < -0.3 is 5.32 Å². The van der Waals surface area contributed by atoms with Crippen LogP contribution in [-0.2, 0) is 10.0 Å². The zero-order chi connectivity index (χ0) is 23.5. The monoisotopic (exact) mass is 456 g/mol. The molecule has 0 fully saturated rings. The Bertz CT molecular complexity index is 1240. The van der Waals surface area contributed by atoms with Gasteiger partial charge in [-0.3, -0.25) is 20.2 Å². The van der Waals surface area contributed by atoms with E-state index in [9.17, 15) is 28.6 Å². The van der Waals surface area contributed by atoms with E-state index in [2.05, 4.69) is 5.32 Å². The minimum atomic E-state index is -4.27. The summed E-state index contributed by atoms with van der Waals surface area (Å²) >= 11 is 0. The number of hydrogen-bond donors (Lipinski definition) is 1. The number of anilines is 2. The normalized spacial score (nSPS) is 12.1. The summed E-state index contributed by atoms with van der Waals surface area (Å²) in [5.41, 5.74) is 1.28. The fourth-order valence-electron chi connectivity index (χ4n) is 3.11. The topological polar surface area (TPSA) is 136 Å². The van der Waals surface area contributed by atoms with Crippen LogP contribution in [-0.4, -0.2) is 24.4 Å². The molecule has 1 unspecified atom stereocenters. The van der Waals surface area contributed by atoms with Crippen molar-refractivity contribution in [3.63, 3.8) is 0 Å². The molecule has 0 aliphatic heterocycles. The number of nitrogens with one attached hydrogen (secondary N) is 1. The van der Waals surface area contributed by atoms with Gasteiger partial charge in [-0.1, -0.05) is 23.8 Å². The molecule has 3 rings (SSSR count). The van der Waals surface area contributed by atoms with Crippen LogP contribution in [0.1, 0.15) is 12.5 Å². The fraction of sp³-hybridized carbons (Fsp3) is 0.143. The van der Waals surface area contributed by atoms with Crippen molar-refractivity contribution in [3.05, 3.63) is 98.6 Å². The highest BCUT2D eigenvalue weighted by Gasteiger charge is 2.31. The van der Waals surface area contributed by atoms with Crippen molar-refractivity contribution in [1.82, 2.24) is 0 Å². The van der Waals surface area contributed by atoms with E-state index in [-0.39, 0.29) is 22.0 Å². The Balaban J connectivity index is 2.08. The number of benzene rings is 3. The Kier molecular flexibility index (Phi) is 6.40. The Hall–Kier alpha value is -3.99. The van der Waals surface area contributed by atoms with Crippen molar-refractivity contribution in [2.75, 3.05) is 9.62 Å². The summed E-state index contributed by atoms with van der Waals surface area (Å²) in [7, 11) is -4.27. The lowest BCUT2D eigenvalue weighted by molar-refractivity contribution is -0.385.